The van der Waals surface area contributed by atoms with Gasteiger partial charge >= 0.3 is 12.0 Å². The Hall–Kier alpha value is -3.50. The molecule has 156 valence electrons. The summed E-state index contributed by atoms with van der Waals surface area (Å²) in [5.41, 5.74) is -0.263. The normalized spacial score (nSPS) is 14.5. The number of hydrogen-bond acceptors (Lipinski definition) is 7. The van der Waals surface area contributed by atoms with E-state index in [0.29, 0.717) is 0 Å². The molecule has 1 aromatic carbocycles. The molecule has 1 unspecified atom stereocenters. The van der Waals surface area contributed by atoms with Crippen molar-refractivity contribution >= 4 is 29.5 Å². The van der Waals surface area contributed by atoms with Gasteiger partial charge in [-0.1, -0.05) is 18.9 Å². The van der Waals surface area contributed by atoms with Crippen LogP contribution in [0.25, 0.3) is 0 Å². The number of non-ortho nitro benzene ring substituents is 1. The molecule has 0 saturated heterocycles. The van der Waals surface area contributed by atoms with Crippen molar-refractivity contribution < 1.29 is 28.8 Å². The highest BCUT2D eigenvalue weighted by molar-refractivity contribution is 5.98. The van der Waals surface area contributed by atoms with Crippen molar-refractivity contribution in [3.05, 3.63) is 39.9 Å². The standard InChI is InChI=1S/C18H22N4O7/c1-11(19-16(24)12-5-4-8-14(9-12)22(27)28)17(25)29-10-15(23)21-18(26)20-13-6-2-3-7-13/h4-5,8-9,11,13H,2-3,6-7,10H2,1H3,(H,19,24)(H2,20,21,23,26). The number of imide groups is 1. The number of hydrogen-bond donors (Lipinski definition) is 3. The number of urea groups is 1. The van der Waals surface area contributed by atoms with Crippen molar-refractivity contribution in [2.45, 2.75) is 44.7 Å². The fraction of sp³-hybridized carbons (Fsp3) is 0.444. The van der Waals surface area contributed by atoms with E-state index in [-0.39, 0.29) is 17.3 Å². The van der Waals surface area contributed by atoms with Crippen LogP contribution in [0.1, 0.15) is 43.0 Å². The molecule has 1 saturated carbocycles. The molecule has 0 aliphatic heterocycles. The van der Waals surface area contributed by atoms with E-state index < -0.39 is 41.4 Å². The van der Waals surface area contributed by atoms with Crippen LogP contribution >= 0.6 is 0 Å². The zero-order valence-electron chi connectivity index (χ0n) is 15.8. The number of nitro benzene ring substituents is 1. The predicted molar refractivity (Wildman–Crippen MR) is 99.9 cm³/mol. The molecule has 3 N–H and O–H groups in total. The van der Waals surface area contributed by atoms with Crippen LogP contribution in [0.5, 0.6) is 0 Å². The Bertz CT molecular complexity index is 805. The molecule has 1 fully saturated rings. The second-order valence-corrected chi connectivity index (χ2v) is 6.61. The van der Waals surface area contributed by atoms with Gasteiger partial charge in [-0.15, -0.1) is 0 Å². The van der Waals surface area contributed by atoms with Crippen molar-refractivity contribution in [2.24, 2.45) is 0 Å². The minimum Gasteiger partial charge on any atom is -0.454 e. The van der Waals surface area contributed by atoms with E-state index >= 15 is 0 Å². The average molecular weight is 406 g/mol. The quantitative estimate of drug-likeness (QED) is 0.347. The molecule has 0 aromatic heterocycles. The first-order valence-corrected chi connectivity index (χ1v) is 9.08. The van der Waals surface area contributed by atoms with Crippen LogP contribution in [-0.4, -0.2) is 47.4 Å². The van der Waals surface area contributed by atoms with Crippen LogP contribution in [0, 0.1) is 10.1 Å². The topological polar surface area (TPSA) is 157 Å². The molecule has 1 aromatic rings. The molecule has 0 spiro atoms. The van der Waals surface area contributed by atoms with Crippen LogP contribution in [0.3, 0.4) is 0 Å². The van der Waals surface area contributed by atoms with Crippen molar-refractivity contribution in [3.8, 4) is 0 Å². The lowest BCUT2D eigenvalue weighted by Gasteiger charge is -2.14. The van der Waals surface area contributed by atoms with Gasteiger partial charge in [0.1, 0.15) is 6.04 Å². The molecule has 29 heavy (non-hydrogen) atoms. The second kappa shape index (κ2) is 10.2. The molecule has 0 bridgehead atoms. The lowest BCUT2D eigenvalue weighted by Crippen LogP contribution is -2.46. The van der Waals surface area contributed by atoms with Gasteiger partial charge < -0.3 is 15.4 Å². The number of carbonyl (C=O) groups excluding carboxylic acids is 4. The summed E-state index contributed by atoms with van der Waals surface area (Å²) in [5, 5.41) is 17.8. The molecule has 4 amide bonds. The lowest BCUT2D eigenvalue weighted by molar-refractivity contribution is -0.384. The number of rotatable bonds is 7. The summed E-state index contributed by atoms with van der Waals surface area (Å²) >= 11 is 0. The summed E-state index contributed by atoms with van der Waals surface area (Å²) in [7, 11) is 0. The third-order valence-electron chi connectivity index (χ3n) is 4.31. The minimum absolute atomic E-state index is 0.000164. The fourth-order valence-electron chi connectivity index (χ4n) is 2.82. The highest BCUT2D eigenvalue weighted by Crippen LogP contribution is 2.17. The fourth-order valence-corrected chi connectivity index (χ4v) is 2.82. The Morgan fingerprint density at radius 2 is 1.93 bits per heavy atom. The first-order valence-electron chi connectivity index (χ1n) is 9.08. The number of esters is 1. The van der Waals surface area contributed by atoms with Crippen LogP contribution in [-0.2, 0) is 14.3 Å². The second-order valence-electron chi connectivity index (χ2n) is 6.61. The number of nitrogens with zero attached hydrogens (tertiary/aromatic N) is 1. The molecule has 11 heteroatoms. The number of nitrogens with one attached hydrogen (secondary N) is 3. The first kappa shape index (κ1) is 21.8. The Labute approximate surface area is 166 Å². The van der Waals surface area contributed by atoms with Gasteiger partial charge in [-0.25, -0.2) is 9.59 Å². The molecule has 1 aliphatic rings. The smallest absolute Gasteiger partial charge is 0.328 e. The number of carbonyl (C=O) groups is 4. The molecular weight excluding hydrogens is 384 g/mol. The van der Waals surface area contributed by atoms with Gasteiger partial charge in [-0.3, -0.25) is 25.0 Å². The van der Waals surface area contributed by atoms with E-state index in [1.807, 2.05) is 0 Å². The third-order valence-corrected chi connectivity index (χ3v) is 4.31. The number of amides is 4. The van der Waals surface area contributed by atoms with Crippen molar-refractivity contribution in [1.29, 1.82) is 0 Å². The summed E-state index contributed by atoms with van der Waals surface area (Å²) in [4.78, 5) is 57.5. The maximum atomic E-state index is 12.1. The van der Waals surface area contributed by atoms with Crippen LogP contribution in [0.2, 0.25) is 0 Å². The van der Waals surface area contributed by atoms with Crippen LogP contribution in [0.4, 0.5) is 10.5 Å². The SMILES string of the molecule is CC(NC(=O)c1cccc([N+](=O)[O-])c1)C(=O)OCC(=O)NC(=O)NC1CCCC1. The largest absolute Gasteiger partial charge is 0.454 e. The van der Waals surface area contributed by atoms with E-state index in [9.17, 15) is 29.3 Å². The number of nitro groups is 1. The summed E-state index contributed by atoms with van der Waals surface area (Å²) in [6.07, 6.45) is 3.77. The minimum atomic E-state index is -1.11. The predicted octanol–water partition coefficient (Wildman–Crippen LogP) is 1.02. The van der Waals surface area contributed by atoms with Gasteiger partial charge in [0.15, 0.2) is 6.61 Å². The maximum Gasteiger partial charge on any atom is 0.328 e. The lowest BCUT2D eigenvalue weighted by atomic mass is 10.2. The molecule has 11 nitrogen and oxygen atoms in total. The Morgan fingerprint density at radius 1 is 1.24 bits per heavy atom. The molecule has 2 rings (SSSR count). The van der Waals surface area contributed by atoms with Gasteiger partial charge in [0.05, 0.1) is 4.92 Å². The van der Waals surface area contributed by atoms with E-state index in [1.54, 1.807) is 0 Å². The van der Waals surface area contributed by atoms with Crippen molar-refractivity contribution in [3.63, 3.8) is 0 Å². The van der Waals surface area contributed by atoms with Gasteiger partial charge in [-0.05, 0) is 25.8 Å². The maximum absolute atomic E-state index is 12.1. The van der Waals surface area contributed by atoms with E-state index in [0.717, 1.165) is 31.7 Å². The summed E-state index contributed by atoms with van der Waals surface area (Å²) < 4.78 is 4.78. The number of benzene rings is 1. The van der Waals surface area contributed by atoms with Gasteiger partial charge in [0, 0.05) is 23.7 Å². The Kier molecular flexibility index (Phi) is 7.63. The van der Waals surface area contributed by atoms with Gasteiger partial charge in [0.2, 0.25) is 0 Å². The van der Waals surface area contributed by atoms with Gasteiger partial charge in [-0.2, -0.15) is 0 Å². The molecule has 1 atom stereocenters. The number of ether oxygens (including phenoxy) is 1. The molecule has 0 radical (unpaired) electrons. The molecule has 0 heterocycles. The monoisotopic (exact) mass is 406 g/mol. The van der Waals surface area contributed by atoms with E-state index in [2.05, 4.69) is 16.0 Å². The highest BCUT2D eigenvalue weighted by Gasteiger charge is 2.22. The first-order chi connectivity index (χ1) is 13.8. The third kappa shape index (κ3) is 6.87. The average Bonchev–Trinajstić information content (AvgIpc) is 3.18. The van der Waals surface area contributed by atoms with Crippen LogP contribution in [0.15, 0.2) is 24.3 Å². The van der Waals surface area contributed by atoms with E-state index in [1.165, 1.54) is 25.1 Å². The van der Waals surface area contributed by atoms with E-state index in [4.69, 9.17) is 4.74 Å². The highest BCUT2D eigenvalue weighted by atomic mass is 16.6. The van der Waals surface area contributed by atoms with Gasteiger partial charge in [0.25, 0.3) is 17.5 Å². The zero-order valence-corrected chi connectivity index (χ0v) is 15.8. The summed E-state index contributed by atoms with van der Waals surface area (Å²) in [5.74, 6) is -2.40. The van der Waals surface area contributed by atoms with Crippen molar-refractivity contribution in [1.82, 2.24) is 16.0 Å². The van der Waals surface area contributed by atoms with Crippen molar-refractivity contribution in [2.75, 3.05) is 6.61 Å². The molecular formula is C18H22N4O7. The Morgan fingerprint density at radius 3 is 2.59 bits per heavy atom. The molecule has 1 aliphatic carbocycles. The zero-order chi connectivity index (χ0) is 21.4. The summed E-state index contributed by atoms with van der Waals surface area (Å²) in [6, 6.07) is 3.29. The van der Waals surface area contributed by atoms with Crippen LogP contribution < -0.4 is 16.0 Å². The Balaban J connectivity index is 1.75. The summed E-state index contributed by atoms with van der Waals surface area (Å²) in [6.45, 7) is 0.649.